The first-order chi connectivity index (χ1) is 7.97. The third kappa shape index (κ3) is 3.51. The molecule has 2 N–H and O–H groups in total. The number of nitrogens with one attached hydrogen (secondary N) is 1. The molecule has 1 aromatic carbocycles. The third-order valence-electron chi connectivity index (χ3n) is 2.70. The average Bonchev–Trinajstić information content (AvgIpc) is 2.31. The molecule has 0 aliphatic rings. The Morgan fingerprint density at radius 1 is 1.53 bits per heavy atom. The summed E-state index contributed by atoms with van der Waals surface area (Å²) in [5.74, 6) is -1.13. The van der Waals surface area contributed by atoms with E-state index in [4.69, 9.17) is 5.11 Å². The number of amides is 1. The minimum Gasteiger partial charge on any atom is -0.396 e. The first-order valence-corrected chi connectivity index (χ1v) is 6.12. The van der Waals surface area contributed by atoms with Crippen molar-refractivity contribution in [2.45, 2.75) is 19.9 Å². The third-order valence-corrected chi connectivity index (χ3v) is 3.31. The summed E-state index contributed by atoms with van der Waals surface area (Å²) in [7, 11) is 0. The second-order valence-electron chi connectivity index (χ2n) is 4.02. The van der Waals surface area contributed by atoms with Crippen LogP contribution in [0.3, 0.4) is 0 Å². The first-order valence-electron chi connectivity index (χ1n) is 5.33. The Labute approximate surface area is 108 Å². The van der Waals surface area contributed by atoms with Gasteiger partial charge < -0.3 is 10.4 Å². The molecule has 3 nitrogen and oxygen atoms in total. The molecule has 0 aliphatic carbocycles. The van der Waals surface area contributed by atoms with Crippen LogP contribution in [0.4, 0.5) is 4.39 Å². The van der Waals surface area contributed by atoms with Crippen LogP contribution >= 0.6 is 15.9 Å². The molecule has 94 valence electrons. The number of aliphatic hydroxyl groups excluding tert-OH is 1. The Morgan fingerprint density at radius 3 is 2.76 bits per heavy atom. The van der Waals surface area contributed by atoms with Crippen molar-refractivity contribution >= 4 is 21.8 Å². The molecule has 1 aromatic rings. The summed E-state index contributed by atoms with van der Waals surface area (Å²) in [5.41, 5.74) is -0.00337. The highest BCUT2D eigenvalue weighted by Crippen LogP contribution is 2.18. The van der Waals surface area contributed by atoms with Crippen LogP contribution in [0.5, 0.6) is 0 Å². The fraction of sp³-hybridized carbons (Fsp3) is 0.417. The quantitative estimate of drug-likeness (QED) is 0.897. The van der Waals surface area contributed by atoms with Crippen molar-refractivity contribution < 1.29 is 14.3 Å². The molecule has 0 saturated heterocycles. The van der Waals surface area contributed by atoms with Crippen molar-refractivity contribution in [1.29, 1.82) is 0 Å². The van der Waals surface area contributed by atoms with Crippen LogP contribution < -0.4 is 5.32 Å². The molecule has 0 fully saturated rings. The summed E-state index contributed by atoms with van der Waals surface area (Å²) in [6.07, 6.45) is 0. The lowest BCUT2D eigenvalue weighted by Crippen LogP contribution is -2.38. The van der Waals surface area contributed by atoms with E-state index in [0.717, 1.165) is 0 Å². The number of aliphatic hydroxyl groups is 1. The molecular formula is C12H15BrFNO2. The van der Waals surface area contributed by atoms with Crippen molar-refractivity contribution in [1.82, 2.24) is 5.32 Å². The van der Waals surface area contributed by atoms with Crippen LogP contribution in [0.15, 0.2) is 22.7 Å². The first kappa shape index (κ1) is 14.1. The van der Waals surface area contributed by atoms with Gasteiger partial charge in [-0.3, -0.25) is 4.79 Å². The number of carbonyl (C=O) groups excluding carboxylic acids is 1. The van der Waals surface area contributed by atoms with Gasteiger partial charge in [-0.1, -0.05) is 13.0 Å². The van der Waals surface area contributed by atoms with Gasteiger partial charge in [-0.05, 0) is 40.9 Å². The van der Waals surface area contributed by atoms with Gasteiger partial charge in [0, 0.05) is 12.6 Å². The zero-order valence-electron chi connectivity index (χ0n) is 9.71. The van der Waals surface area contributed by atoms with Crippen LogP contribution in [0.2, 0.25) is 0 Å². The summed E-state index contributed by atoms with van der Waals surface area (Å²) in [6.45, 7) is 3.55. The molecular weight excluding hydrogens is 289 g/mol. The van der Waals surface area contributed by atoms with Gasteiger partial charge >= 0.3 is 0 Å². The molecule has 0 saturated carbocycles. The van der Waals surface area contributed by atoms with E-state index in [1.54, 1.807) is 13.0 Å². The second kappa shape index (κ2) is 6.12. The molecule has 0 radical (unpaired) electrons. The number of benzene rings is 1. The lowest BCUT2D eigenvalue weighted by Gasteiger charge is -2.19. The smallest absolute Gasteiger partial charge is 0.254 e. The largest absolute Gasteiger partial charge is 0.396 e. The molecule has 0 aromatic heterocycles. The normalized spacial score (nSPS) is 14.2. The van der Waals surface area contributed by atoms with Crippen LogP contribution in [0, 0.1) is 11.7 Å². The summed E-state index contributed by atoms with van der Waals surface area (Å²) in [6, 6.07) is 4.34. The Hall–Kier alpha value is -0.940. The maximum absolute atomic E-state index is 13.6. The number of halogens is 2. The fourth-order valence-electron chi connectivity index (χ4n) is 1.26. The van der Waals surface area contributed by atoms with Crippen LogP contribution in [-0.2, 0) is 0 Å². The number of carbonyl (C=O) groups is 1. The summed E-state index contributed by atoms with van der Waals surface area (Å²) in [4.78, 5) is 11.8. The lowest BCUT2D eigenvalue weighted by atomic mass is 10.0. The van der Waals surface area contributed by atoms with E-state index in [0.29, 0.717) is 0 Å². The Balaban J connectivity index is 2.80. The lowest BCUT2D eigenvalue weighted by molar-refractivity contribution is 0.0912. The number of hydrogen-bond acceptors (Lipinski definition) is 2. The minimum absolute atomic E-state index is 0.00337. The molecule has 17 heavy (non-hydrogen) atoms. The van der Waals surface area contributed by atoms with Gasteiger partial charge in [-0.2, -0.15) is 0 Å². The van der Waals surface area contributed by atoms with Gasteiger partial charge in [-0.15, -0.1) is 0 Å². The van der Waals surface area contributed by atoms with Crippen molar-refractivity contribution in [2.75, 3.05) is 6.61 Å². The molecule has 0 aliphatic heterocycles. The van der Waals surface area contributed by atoms with E-state index in [-0.39, 0.29) is 28.6 Å². The molecule has 2 unspecified atom stereocenters. The topological polar surface area (TPSA) is 49.3 Å². The van der Waals surface area contributed by atoms with Crippen LogP contribution in [0.25, 0.3) is 0 Å². The maximum atomic E-state index is 13.6. The van der Waals surface area contributed by atoms with Crippen LogP contribution in [-0.4, -0.2) is 23.7 Å². The van der Waals surface area contributed by atoms with Gasteiger partial charge in [0.1, 0.15) is 5.82 Å². The molecule has 5 heteroatoms. The van der Waals surface area contributed by atoms with E-state index in [1.807, 2.05) is 6.92 Å². The van der Waals surface area contributed by atoms with Crippen molar-refractivity contribution in [3.63, 3.8) is 0 Å². The highest BCUT2D eigenvalue weighted by molar-refractivity contribution is 9.10. The number of rotatable bonds is 4. The summed E-state index contributed by atoms with van der Waals surface area (Å²) in [5, 5.41) is 11.6. The summed E-state index contributed by atoms with van der Waals surface area (Å²) < 4.78 is 13.9. The predicted molar refractivity (Wildman–Crippen MR) is 67.3 cm³/mol. The highest BCUT2D eigenvalue weighted by atomic mass is 79.9. The van der Waals surface area contributed by atoms with Crippen LogP contribution in [0.1, 0.15) is 24.2 Å². The molecule has 0 heterocycles. The van der Waals surface area contributed by atoms with E-state index in [9.17, 15) is 9.18 Å². The Morgan fingerprint density at radius 2 is 2.18 bits per heavy atom. The van der Waals surface area contributed by atoms with Crippen molar-refractivity contribution in [3.8, 4) is 0 Å². The molecule has 0 spiro atoms. The van der Waals surface area contributed by atoms with Crippen molar-refractivity contribution in [2.24, 2.45) is 5.92 Å². The average molecular weight is 304 g/mol. The Bertz CT molecular complexity index is 411. The monoisotopic (exact) mass is 303 g/mol. The molecule has 1 amide bonds. The SMILES string of the molecule is CC(CO)C(C)NC(=O)c1cccc(Br)c1F. The van der Waals surface area contributed by atoms with Crippen molar-refractivity contribution in [3.05, 3.63) is 34.1 Å². The van der Waals surface area contributed by atoms with Gasteiger partial charge in [0.15, 0.2) is 0 Å². The van der Waals surface area contributed by atoms with E-state index in [1.165, 1.54) is 12.1 Å². The van der Waals surface area contributed by atoms with Gasteiger partial charge in [-0.25, -0.2) is 4.39 Å². The zero-order chi connectivity index (χ0) is 13.0. The zero-order valence-corrected chi connectivity index (χ0v) is 11.3. The maximum Gasteiger partial charge on any atom is 0.254 e. The molecule has 0 bridgehead atoms. The van der Waals surface area contributed by atoms with Gasteiger partial charge in [0.05, 0.1) is 10.0 Å². The predicted octanol–water partition coefficient (Wildman–Crippen LogP) is 2.33. The summed E-state index contributed by atoms with van der Waals surface area (Å²) >= 11 is 3.03. The van der Waals surface area contributed by atoms with E-state index in [2.05, 4.69) is 21.2 Å². The van der Waals surface area contributed by atoms with E-state index >= 15 is 0 Å². The number of hydrogen-bond donors (Lipinski definition) is 2. The van der Waals surface area contributed by atoms with Gasteiger partial charge in [0.25, 0.3) is 5.91 Å². The van der Waals surface area contributed by atoms with Gasteiger partial charge in [0.2, 0.25) is 0 Å². The minimum atomic E-state index is -0.575. The van der Waals surface area contributed by atoms with E-state index < -0.39 is 11.7 Å². The highest BCUT2D eigenvalue weighted by Gasteiger charge is 2.18. The second-order valence-corrected chi connectivity index (χ2v) is 4.88. The standard InChI is InChI=1S/C12H15BrFNO2/c1-7(6-16)8(2)15-12(17)9-4-3-5-10(13)11(9)14/h3-5,7-8,16H,6H2,1-2H3,(H,15,17). The Kier molecular flexibility index (Phi) is 5.08. The molecule has 2 atom stereocenters. The fourth-order valence-corrected chi connectivity index (χ4v) is 1.63. The molecule has 1 rings (SSSR count).